The first-order valence-electron chi connectivity index (χ1n) is 3.71. The first-order chi connectivity index (χ1) is 4.79. The molecular weight excluding hydrogens is 126 g/mol. The van der Waals surface area contributed by atoms with Crippen molar-refractivity contribution in [2.45, 2.75) is 31.7 Å². The number of hydrogen-bond acceptors (Lipinski definition) is 1. The lowest BCUT2D eigenvalue weighted by molar-refractivity contribution is 0.467. The summed E-state index contributed by atoms with van der Waals surface area (Å²) < 4.78 is 0. The predicted octanol–water partition coefficient (Wildman–Crippen LogP) is 0.616. The van der Waals surface area contributed by atoms with E-state index in [-0.39, 0.29) is 5.96 Å². The highest BCUT2D eigenvalue weighted by atomic mass is 15.1. The Hall–Kier alpha value is -0.730. The second-order valence-electron chi connectivity index (χ2n) is 2.70. The summed E-state index contributed by atoms with van der Waals surface area (Å²) in [5.41, 5.74) is 5.19. The van der Waals surface area contributed by atoms with Crippen LogP contribution in [0.3, 0.4) is 0 Å². The molecule has 3 nitrogen and oxygen atoms in total. The van der Waals surface area contributed by atoms with E-state index in [1.54, 1.807) is 0 Å². The minimum Gasteiger partial charge on any atom is -0.370 e. The Kier molecular flexibility index (Phi) is 2.54. The Balaban J connectivity index is 2.19. The Morgan fingerprint density at radius 1 is 1.50 bits per heavy atom. The summed E-state index contributed by atoms with van der Waals surface area (Å²) in [6.45, 7) is 0. The molecule has 0 spiro atoms. The molecule has 1 aliphatic carbocycles. The average Bonchev–Trinajstić information content (AvgIpc) is 1.88. The Bertz CT molecular complexity index is 116. The number of nitrogens with one attached hydrogen (secondary N) is 2. The van der Waals surface area contributed by atoms with Crippen LogP contribution in [0.15, 0.2) is 0 Å². The van der Waals surface area contributed by atoms with Gasteiger partial charge in [0.15, 0.2) is 5.96 Å². The summed E-state index contributed by atoms with van der Waals surface area (Å²) >= 11 is 0. The van der Waals surface area contributed by atoms with Gasteiger partial charge in [0.1, 0.15) is 0 Å². The zero-order valence-corrected chi connectivity index (χ0v) is 6.06. The van der Waals surface area contributed by atoms with Crippen LogP contribution in [0, 0.1) is 11.8 Å². The topological polar surface area (TPSA) is 61.9 Å². The minimum atomic E-state index is 0.104. The molecule has 1 saturated carbocycles. The van der Waals surface area contributed by atoms with Crippen LogP contribution in [0.5, 0.6) is 0 Å². The van der Waals surface area contributed by atoms with Gasteiger partial charge in [-0.1, -0.05) is 0 Å². The van der Waals surface area contributed by atoms with Gasteiger partial charge in [-0.15, -0.1) is 0 Å². The van der Waals surface area contributed by atoms with Crippen molar-refractivity contribution in [3.05, 3.63) is 6.42 Å². The van der Waals surface area contributed by atoms with E-state index in [1.165, 1.54) is 0 Å². The van der Waals surface area contributed by atoms with Gasteiger partial charge in [-0.3, -0.25) is 5.41 Å². The lowest BCUT2D eigenvalue weighted by atomic mass is 9.96. The molecule has 0 aromatic rings. The van der Waals surface area contributed by atoms with Gasteiger partial charge in [-0.05, 0) is 32.1 Å². The lowest BCUT2D eigenvalue weighted by Gasteiger charge is -2.22. The molecule has 0 heterocycles. The van der Waals surface area contributed by atoms with E-state index in [1.807, 2.05) is 0 Å². The Morgan fingerprint density at radius 2 is 2.10 bits per heavy atom. The normalized spacial score (nSPS) is 20.4. The second-order valence-corrected chi connectivity index (χ2v) is 2.70. The molecule has 0 aromatic carbocycles. The zero-order chi connectivity index (χ0) is 7.40. The first kappa shape index (κ1) is 7.38. The highest BCUT2D eigenvalue weighted by Crippen LogP contribution is 2.15. The Labute approximate surface area is 61.5 Å². The molecule has 4 N–H and O–H groups in total. The highest BCUT2D eigenvalue weighted by molar-refractivity contribution is 5.74. The van der Waals surface area contributed by atoms with Crippen molar-refractivity contribution in [3.8, 4) is 0 Å². The lowest BCUT2D eigenvalue weighted by Crippen LogP contribution is -2.40. The van der Waals surface area contributed by atoms with Crippen molar-refractivity contribution in [3.63, 3.8) is 0 Å². The third-order valence-corrected chi connectivity index (χ3v) is 1.80. The maximum absolute atomic E-state index is 6.99. The Morgan fingerprint density at radius 3 is 2.60 bits per heavy atom. The van der Waals surface area contributed by atoms with Crippen LogP contribution in [0.2, 0.25) is 0 Å². The molecule has 10 heavy (non-hydrogen) atoms. The second kappa shape index (κ2) is 3.44. The van der Waals surface area contributed by atoms with E-state index in [9.17, 15) is 0 Å². The number of guanidine groups is 1. The fraction of sp³-hybridized carbons (Fsp3) is 0.714. The number of nitrogens with two attached hydrogens (primary N) is 1. The smallest absolute Gasteiger partial charge is 0.185 e. The van der Waals surface area contributed by atoms with Crippen LogP contribution in [-0.4, -0.2) is 12.0 Å². The standard InChI is InChI=1S/C7H14N3/c8-7(9)10-6-4-2-1-3-5-6/h1,6H,2-5H2,(H4,8,9,10). The zero-order valence-electron chi connectivity index (χ0n) is 6.06. The van der Waals surface area contributed by atoms with Crippen LogP contribution >= 0.6 is 0 Å². The van der Waals surface area contributed by atoms with Gasteiger partial charge in [0.05, 0.1) is 0 Å². The van der Waals surface area contributed by atoms with Crippen molar-refractivity contribution in [1.29, 1.82) is 5.41 Å². The van der Waals surface area contributed by atoms with Gasteiger partial charge in [-0.2, -0.15) is 0 Å². The van der Waals surface area contributed by atoms with Crippen LogP contribution < -0.4 is 11.1 Å². The molecular formula is C7H14N3. The van der Waals surface area contributed by atoms with Gasteiger partial charge in [0, 0.05) is 6.04 Å². The van der Waals surface area contributed by atoms with Crippen LogP contribution in [0.1, 0.15) is 25.7 Å². The molecule has 0 aromatic heterocycles. The van der Waals surface area contributed by atoms with Gasteiger partial charge in [-0.25, -0.2) is 0 Å². The number of hydrogen-bond donors (Lipinski definition) is 3. The molecule has 3 heteroatoms. The molecule has 0 unspecified atom stereocenters. The summed E-state index contributed by atoms with van der Waals surface area (Å²) in [4.78, 5) is 0. The van der Waals surface area contributed by atoms with E-state index in [2.05, 4.69) is 11.7 Å². The van der Waals surface area contributed by atoms with Gasteiger partial charge in [0.2, 0.25) is 0 Å². The molecule has 1 radical (unpaired) electrons. The molecule has 0 aliphatic heterocycles. The van der Waals surface area contributed by atoms with Gasteiger partial charge < -0.3 is 11.1 Å². The quantitative estimate of drug-likeness (QED) is 0.369. The fourth-order valence-electron chi connectivity index (χ4n) is 1.29. The minimum absolute atomic E-state index is 0.104. The molecule has 0 atom stereocenters. The van der Waals surface area contributed by atoms with E-state index < -0.39 is 0 Å². The van der Waals surface area contributed by atoms with Gasteiger partial charge >= 0.3 is 0 Å². The van der Waals surface area contributed by atoms with Crippen molar-refractivity contribution in [1.82, 2.24) is 5.32 Å². The highest BCUT2D eigenvalue weighted by Gasteiger charge is 2.12. The summed E-state index contributed by atoms with van der Waals surface area (Å²) in [6.07, 6.45) is 6.85. The molecule has 0 saturated heterocycles. The van der Waals surface area contributed by atoms with Crippen molar-refractivity contribution >= 4 is 5.96 Å². The fourth-order valence-corrected chi connectivity index (χ4v) is 1.29. The maximum atomic E-state index is 6.99. The molecule has 1 rings (SSSR count). The summed E-state index contributed by atoms with van der Waals surface area (Å²) in [7, 11) is 0. The van der Waals surface area contributed by atoms with Crippen molar-refractivity contribution in [2.75, 3.05) is 0 Å². The summed E-state index contributed by atoms with van der Waals surface area (Å²) in [5.74, 6) is 0.104. The third-order valence-electron chi connectivity index (χ3n) is 1.80. The van der Waals surface area contributed by atoms with E-state index in [0.717, 1.165) is 25.7 Å². The molecule has 57 valence electrons. The first-order valence-corrected chi connectivity index (χ1v) is 3.71. The molecule has 0 bridgehead atoms. The van der Waals surface area contributed by atoms with Gasteiger partial charge in [0.25, 0.3) is 0 Å². The SMILES string of the molecule is N=C(N)NC1CC[CH]CC1. The van der Waals surface area contributed by atoms with E-state index in [4.69, 9.17) is 11.1 Å². The third kappa shape index (κ3) is 2.25. The van der Waals surface area contributed by atoms with Crippen LogP contribution in [-0.2, 0) is 0 Å². The van der Waals surface area contributed by atoms with Crippen molar-refractivity contribution < 1.29 is 0 Å². The van der Waals surface area contributed by atoms with Crippen molar-refractivity contribution in [2.24, 2.45) is 5.73 Å². The number of rotatable bonds is 1. The summed E-state index contributed by atoms with van der Waals surface area (Å²) in [6, 6.07) is 0.447. The van der Waals surface area contributed by atoms with Crippen LogP contribution in [0.4, 0.5) is 0 Å². The van der Waals surface area contributed by atoms with E-state index in [0.29, 0.717) is 6.04 Å². The van der Waals surface area contributed by atoms with Crippen LogP contribution in [0.25, 0.3) is 0 Å². The maximum Gasteiger partial charge on any atom is 0.185 e. The summed E-state index contributed by atoms with van der Waals surface area (Å²) in [5, 5.41) is 9.91. The molecule has 1 aliphatic rings. The average molecular weight is 140 g/mol. The largest absolute Gasteiger partial charge is 0.370 e. The molecule has 0 amide bonds. The molecule has 1 fully saturated rings. The predicted molar refractivity (Wildman–Crippen MR) is 41.6 cm³/mol. The van der Waals surface area contributed by atoms with E-state index >= 15 is 0 Å². The monoisotopic (exact) mass is 140 g/mol.